The number of carbonyl (C=O) groups excluding carboxylic acids is 1. The molecular weight excluding hydrogens is 457 g/mol. The summed E-state index contributed by atoms with van der Waals surface area (Å²) in [5.41, 5.74) is 0.968. The molecule has 0 atom stereocenters. The van der Waals surface area contributed by atoms with E-state index in [-0.39, 0.29) is 59.1 Å². The standard InChI is InChI=1S/C19H17BrClN3O2.Na.H2O/c1-11(2)22-17(25)10-24-18(12-4-3-5-14(21)8-12)23-16-7-6-13(20)9-15(16)19(24)26;;/h3-9,11H,10H2,1-2H3,(H,22,25);;1H2/q;+1;/p-1. The third kappa shape index (κ3) is 5.65. The van der Waals surface area contributed by atoms with Gasteiger partial charge in [0.05, 0.1) is 10.9 Å². The number of rotatable bonds is 4. The Bertz CT molecular complexity index is 1060. The topological polar surface area (TPSA) is 94.0 Å². The molecule has 0 aliphatic carbocycles. The summed E-state index contributed by atoms with van der Waals surface area (Å²) in [6.07, 6.45) is 0. The van der Waals surface area contributed by atoms with Crippen molar-refractivity contribution < 1.29 is 39.8 Å². The molecule has 0 aliphatic heterocycles. The second-order valence-corrected chi connectivity index (χ2v) is 7.57. The van der Waals surface area contributed by atoms with E-state index in [0.29, 0.717) is 27.3 Å². The smallest absolute Gasteiger partial charge is 0.870 e. The Morgan fingerprint density at radius 3 is 2.61 bits per heavy atom. The summed E-state index contributed by atoms with van der Waals surface area (Å²) < 4.78 is 2.16. The molecule has 0 fully saturated rings. The number of hydrogen-bond acceptors (Lipinski definition) is 4. The van der Waals surface area contributed by atoms with Gasteiger partial charge in [-0.25, -0.2) is 4.98 Å². The average Bonchev–Trinajstić information content (AvgIpc) is 2.57. The van der Waals surface area contributed by atoms with Crippen molar-refractivity contribution in [1.82, 2.24) is 14.9 Å². The van der Waals surface area contributed by atoms with Crippen LogP contribution in [0, 0.1) is 0 Å². The van der Waals surface area contributed by atoms with Gasteiger partial charge in [-0.3, -0.25) is 14.2 Å². The van der Waals surface area contributed by atoms with Crippen LogP contribution < -0.4 is 40.4 Å². The van der Waals surface area contributed by atoms with Crippen LogP contribution in [0.3, 0.4) is 0 Å². The third-order valence-electron chi connectivity index (χ3n) is 3.75. The predicted octanol–water partition coefficient (Wildman–Crippen LogP) is 0.831. The van der Waals surface area contributed by atoms with Crippen LogP contribution in [0.5, 0.6) is 0 Å². The molecule has 1 amide bonds. The molecule has 3 aromatic rings. The van der Waals surface area contributed by atoms with Gasteiger partial charge in [0.2, 0.25) is 5.91 Å². The van der Waals surface area contributed by atoms with E-state index in [4.69, 9.17) is 11.6 Å². The Morgan fingerprint density at radius 1 is 1.25 bits per heavy atom. The number of hydrogen-bond donors (Lipinski definition) is 1. The van der Waals surface area contributed by atoms with E-state index >= 15 is 0 Å². The third-order valence-corrected chi connectivity index (χ3v) is 4.48. The van der Waals surface area contributed by atoms with E-state index in [2.05, 4.69) is 26.2 Å². The Balaban J connectivity index is 0.00000196. The molecular formula is C19H18BrClN3NaO3. The molecule has 142 valence electrons. The predicted molar refractivity (Wildman–Crippen MR) is 109 cm³/mol. The summed E-state index contributed by atoms with van der Waals surface area (Å²) in [6.45, 7) is 3.62. The first kappa shape index (κ1) is 24.8. The van der Waals surface area contributed by atoms with Gasteiger partial charge in [0.25, 0.3) is 5.56 Å². The zero-order chi connectivity index (χ0) is 18.8. The van der Waals surface area contributed by atoms with Crippen molar-refractivity contribution in [1.29, 1.82) is 0 Å². The average molecular weight is 475 g/mol. The van der Waals surface area contributed by atoms with Gasteiger partial charge >= 0.3 is 29.6 Å². The summed E-state index contributed by atoms with van der Waals surface area (Å²) in [6, 6.07) is 12.4. The normalized spacial score (nSPS) is 10.3. The minimum absolute atomic E-state index is 0. The molecule has 6 nitrogen and oxygen atoms in total. The summed E-state index contributed by atoms with van der Waals surface area (Å²) in [4.78, 5) is 30.0. The Hall–Kier alpha value is -1.22. The molecule has 0 aliphatic rings. The van der Waals surface area contributed by atoms with Crippen molar-refractivity contribution in [3.63, 3.8) is 0 Å². The molecule has 28 heavy (non-hydrogen) atoms. The van der Waals surface area contributed by atoms with Gasteiger partial charge in [-0.05, 0) is 44.2 Å². The van der Waals surface area contributed by atoms with E-state index in [1.165, 1.54) is 4.57 Å². The van der Waals surface area contributed by atoms with Gasteiger partial charge in [0.1, 0.15) is 12.4 Å². The second kappa shape index (κ2) is 10.5. The van der Waals surface area contributed by atoms with E-state index in [0.717, 1.165) is 4.47 Å². The van der Waals surface area contributed by atoms with Crippen molar-refractivity contribution >= 4 is 44.3 Å². The second-order valence-electron chi connectivity index (χ2n) is 6.22. The summed E-state index contributed by atoms with van der Waals surface area (Å²) in [5.74, 6) is 0.160. The summed E-state index contributed by atoms with van der Waals surface area (Å²) >= 11 is 9.47. The molecule has 9 heteroatoms. The number of amides is 1. The molecule has 1 aromatic heterocycles. The number of fused-ring (bicyclic) bond motifs is 1. The number of benzene rings is 2. The maximum Gasteiger partial charge on any atom is 1.00 e. The molecule has 2 aromatic carbocycles. The van der Waals surface area contributed by atoms with E-state index in [1.54, 1.807) is 30.3 Å². The van der Waals surface area contributed by atoms with Crippen molar-refractivity contribution in [2.45, 2.75) is 26.4 Å². The maximum atomic E-state index is 13.1. The Labute approximate surface area is 198 Å². The fraction of sp³-hybridized carbons (Fsp3) is 0.211. The van der Waals surface area contributed by atoms with Gasteiger partial charge < -0.3 is 10.8 Å². The van der Waals surface area contributed by atoms with Gasteiger partial charge in [0.15, 0.2) is 0 Å². The van der Waals surface area contributed by atoms with Crippen LogP contribution >= 0.6 is 27.5 Å². The quantitative estimate of drug-likeness (QED) is 0.567. The molecule has 2 N–H and O–H groups in total. The fourth-order valence-corrected chi connectivity index (χ4v) is 3.25. The van der Waals surface area contributed by atoms with Crippen molar-refractivity contribution in [2.75, 3.05) is 0 Å². The Morgan fingerprint density at radius 2 is 1.96 bits per heavy atom. The summed E-state index contributed by atoms with van der Waals surface area (Å²) in [7, 11) is 0. The first-order valence-corrected chi connectivity index (χ1v) is 9.27. The first-order chi connectivity index (χ1) is 12.3. The molecule has 0 radical (unpaired) electrons. The number of carbonyl (C=O) groups is 1. The van der Waals surface area contributed by atoms with Gasteiger partial charge in [-0.1, -0.05) is 39.7 Å². The van der Waals surface area contributed by atoms with Crippen LogP contribution in [-0.4, -0.2) is 27.0 Å². The van der Waals surface area contributed by atoms with Crippen molar-refractivity contribution in [2.24, 2.45) is 0 Å². The molecule has 1 heterocycles. The maximum absolute atomic E-state index is 13.1. The SMILES string of the molecule is CC(C)NC(=O)Cn1c(-c2cccc(Cl)c2)nc2ccc(Br)cc2c1=O.[Na+].[OH-]. The van der Waals surface area contributed by atoms with Crippen LogP contribution in [0.1, 0.15) is 13.8 Å². The molecule has 0 bridgehead atoms. The zero-order valence-corrected chi connectivity index (χ0v) is 20.1. The number of halogens is 2. The monoisotopic (exact) mass is 473 g/mol. The Kier molecular flexibility index (Phi) is 9.33. The van der Waals surface area contributed by atoms with E-state index in [1.807, 2.05) is 26.0 Å². The van der Waals surface area contributed by atoms with Crippen LogP contribution in [0.2, 0.25) is 5.02 Å². The number of aromatic nitrogens is 2. The van der Waals surface area contributed by atoms with Crippen LogP contribution in [0.15, 0.2) is 51.7 Å². The molecule has 0 spiro atoms. The first-order valence-electron chi connectivity index (χ1n) is 8.10. The van der Waals surface area contributed by atoms with E-state index in [9.17, 15) is 9.59 Å². The van der Waals surface area contributed by atoms with E-state index < -0.39 is 0 Å². The van der Waals surface area contributed by atoms with Crippen LogP contribution in [-0.2, 0) is 11.3 Å². The molecule has 0 saturated carbocycles. The molecule has 0 unspecified atom stereocenters. The van der Waals surface area contributed by atoms with Crippen LogP contribution in [0.4, 0.5) is 0 Å². The van der Waals surface area contributed by atoms with Crippen LogP contribution in [0.25, 0.3) is 22.3 Å². The number of nitrogens with one attached hydrogen (secondary N) is 1. The largest absolute Gasteiger partial charge is 1.00 e. The zero-order valence-electron chi connectivity index (χ0n) is 15.7. The van der Waals surface area contributed by atoms with Gasteiger partial charge in [-0.2, -0.15) is 0 Å². The van der Waals surface area contributed by atoms with Crippen molar-refractivity contribution in [3.8, 4) is 11.4 Å². The minimum Gasteiger partial charge on any atom is -0.870 e. The number of nitrogens with zero attached hydrogens (tertiary/aromatic N) is 2. The minimum atomic E-state index is -0.273. The summed E-state index contributed by atoms with van der Waals surface area (Å²) in [5, 5.41) is 3.79. The fourth-order valence-electron chi connectivity index (χ4n) is 2.70. The molecule has 3 rings (SSSR count). The van der Waals surface area contributed by atoms with Gasteiger partial charge in [0, 0.05) is 21.1 Å². The van der Waals surface area contributed by atoms with Crippen molar-refractivity contribution in [3.05, 3.63) is 62.3 Å². The van der Waals surface area contributed by atoms with Gasteiger partial charge in [-0.15, -0.1) is 0 Å². The molecule has 0 saturated heterocycles.